The standard InChI is InChI=1S/C18H15F3N2O2S.C2H6.CH4S/c1-12-3-5-13(6-4-12)16-11-17(18(19,20)21)22-23(16)14-7-9-15(10-8-14)26(2,24)25;2*1-2/h3-11H,1-2H3;1-2H3;2H,1H3. The van der Waals surface area contributed by atoms with Crippen LogP contribution < -0.4 is 0 Å². The van der Waals surface area contributed by atoms with Gasteiger partial charge in [-0.25, -0.2) is 13.1 Å². The van der Waals surface area contributed by atoms with Crippen molar-refractivity contribution in [3.8, 4) is 16.9 Å². The molecule has 0 radical (unpaired) electrons. The van der Waals surface area contributed by atoms with Gasteiger partial charge in [0.15, 0.2) is 15.5 Å². The van der Waals surface area contributed by atoms with Gasteiger partial charge < -0.3 is 0 Å². The molecule has 0 fully saturated rings. The fourth-order valence-corrected chi connectivity index (χ4v) is 3.11. The highest BCUT2D eigenvalue weighted by atomic mass is 32.2. The molecule has 0 aliphatic carbocycles. The van der Waals surface area contributed by atoms with Crippen molar-refractivity contribution in [2.45, 2.75) is 31.8 Å². The smallest absolute Gasteiger partial charge is 0.233 e. The topological polar surface area (TPSA) is 52.0 Å². The van der Waals surface area contributed by atoms with E-state index in [0.29, 0.717) is 11.3 Å². The Hall–Kier alpha value is -2.26. The first-order valence-electron chi connectivity index (χ1n) is 9.05. The Kier molecular flexibility index (Phi) is 9.17. The van der Waals surface area contributed by atoms with Crippen LogP contribution in [0.2, 0.25) is 0 Å². The molecule has 3 rings (SSSR count). The predicted octanol–water partition coefficient (Wildman–Crippen LogP) is 5.84. The molecule has 0 atom stereocenters. The molecular weight excluding hydrogens is 433 g/mol. The maximum atomic E-state index is 13.1. The summed E-state index contributed by atoms with van der Waals surface area (Å²) < 4.78 is 63.7. The van der Waals surface area contributed by atoms with E-state index in [-0.39, 0.29) is 10.6 Å². The summed E-state index contributed by atoms with van der Waals surface area (Å²) in [7, 11) is -3.40. The SMILES string of the molecule is CC.CS.Cc1ccc(-c2cc(C(F)(F)F)nn2-c2ccc(S(C)(=O)=O)cc2)cc1. The molecule has 9 heteroatoms. The van der Waals surface area contributed by atoms with Gasteiger partial charge in [0, 0.05) is 11.8 Å². The third-order valence-electron chi connectivity index (χ3n) is 3.86. The predicted molar refractivity (Wildman–Crippen MR) is 118 cm³/mol. The quantitative estimate of drug-likeness (QED) is 0.502. The summed E-state index contributed by atoms with van der Waals surface area (Å²) in [6.45, 7) is 5.88. The normalized spacial score (nSPS) is 11.1. The molecule has 0 unspecified atom stereocenters. The molecule has 2 aromatic carbocycles. The summed E-state index contributed by atoms with van der Waals surface area (Å²) in [6.07, 6.45) is -1.83. The van der Waals surface area contributed by atoms with Gasteiger partial charge in [-0.15, -0.1) is 0 Å². The molecule has 3 aromatic rings. The highest BCUT2D eigenvalue weighted by molar-refractivity contribution is 7.90. The molecule has 0 spiro atoms. The van der Waals surface area contributed by atoms with Crippen molar-refractivity contribution in [3.63, 3.8) is 0 Å². The van der Waals surface area contributed by atoms with Crippen molar-refractivity contribution < 1.29 is 21.6 Å². The van der Waals surface area contributed by atoms with Gasteiger partial charge in [0.25, 0.3) is 0 Å². The van der Waals surface area contributed by atoms with Crippen LogP contribution in [0.3, 0.4) is 0 Å². The number of sulfone groups is 1. The van der Waals surface area contributed by atoms with Crippen LogP contribution in [0.1, 0.15) is 25.1 Å². The molecule has 1 heterocycles. The molecule has 30 heavy (non-hydrogen) atoms. The van der Waals surface area contributed by atoms with Crippen LogP contribution >= 0.6 is 12.6 Å². The average Bonchev–Trinajstić information content (AvgIpc) is 3.17. The number of aryl methyl sites for hydroxylation is 1. The van der Waals surface area contributed by atoms with Crippen molar-refractivity contribution in [2.75, 3.05) is 12.5 Å². The summed E-state index contributed by atoms with van der Waals surface area (Å²) in [5.74, 6) is 0. The van der Waals surface area contributed by atoms with Crippen LogP contribution in [0.25, 0.3) is 16.9 Å². The number of alkyl halides is 3. The Morgan fingerprint density at radius 1 is 0.933 bits per heavy atom. The van der Waals surface area contributed by atoms with Crippen LogP contribution in [0.4, 0.5) is 13.2 Å². The third kappa shape index (κ3) is 6.37. The molecule has 0 bridgehead atoms. The molecular formula is C21H25F3N2O2S2. The lowest BCUT2D eigenvalue weighted by molar-refractivity contribution is -0.141. The summed E-state index contributed by atoms with van der Waals surface area (Å²) in [6, 6.07) is 13.6. The first-order chi connectivity index (χ1) is 14.1. The van der Waals surface area contributed by atoms with E-state index in [2.05, 4.69) is 17.7 Å². The number of hydrogen-bond acceptors (Lipinski definition) is 4. The van der Waals surface area contributed by atoms with Crippen LogP contribution in [0.5, 0.6) is 0 Å². The maximum absolute atomic E-state index is 13.1. The number of nitrogens with zero attached hydrogens (tertiary/aromatic N) is 2. The number of rotatable bonds is 3. The van der Waals surface area contributed by atoms with E-state index in [1.807, 2.05) is 20.8 Å². The lowest BCUT2D eigenvalue weighted by atomic mass is 10.1. The van der Waals surface area contributed by atoms with Crippen LogP contribution in [0, 0.1) is 6.92 Å². The third-order valence-corrected chi connectivity index (χ3v) is 4.99. The maximum Gasteiger partial charge on any atom is 0.435 e. The lowest BCUT2D eigenvalue weighted by Gasteiger charge is -2.09. The van der Waals surface area contributed by atoms with Crippen LogP contribution in [0.15, 0.2) is 59.5 Å². The summed E-state index contributed by atoms with van der Waals surface area (Å²) in [5, 5.41) is 3.68. The van der Waals surface area contributed by atoms with E-state index >= 15 is 0 Å². The van der Waals surface area contributed by atoms with Crippen molar-refractivity contribution in [1.82, 2.24) is 9.78 Å². The highest BCUT2D eigenvalue weighted by Gasteiger charge is 2.35. The Balaban J connectivity index is 0.00000106. The second-order valence-electron chi connectivity index (χ2n) is 5.96. The second kappa shape index (κ2) is 10.7. The molecule has 0 saturated carbocycles. The minimum absolute atomic E-state index is 0.0846. The highest BCUT2D eigenvalue weighted by Crippen LogP contribution is 2.33. The molecule has 4 nitrogen and oxygen atoms in total. The van der Waals surface area contributed by atoms with Crippen LogP contribution in [-0.4, -0.2) is 30.7 Å². The number of halogens is 3. The Labute approximate surface area is 181 Å². The zero-order valence-electron chi connectivity index (χ0n) is 17.4. The van der Waals surface area contributed by atoms with Gasteiger partial charge in [-0.1, -0.05) is 43.7 Å². The van der Waals surface area contributed by atoms with Gasteiger partial charge in [-0.2, -0.15) is 30.9 Å². The van der Waals surface area contributed by atoms with E-state index in [0.717, 1.165) is 17.9 Å². The molecule has 0 saturated heterocycles. The Morgan fingerprint density at radius 2 is 1.43 bits per heavy atom. The molecule has 164 valence electrons. The monoisotopic (exact) mass is 458 g/mol. The zero-order chi connectivity index (χ0) is 23.1. The zero-order valence-corrected chi connectivity index (χ0v) is 19.1. The summed E-state index contributed by atoms with van der Waals surface area (Å²) in [5.41, 5.74) is 1.15. The Bertz CT molecular complexity index is 1040. The van der Waals surface area contributed by atoms with E-state index < -0.39 is 21.7 Å². The first kappa shape index (κ1) is 25.8. The fraction of sp³-hybridized carbons (Fsp3) is 0.286. The molecule has 0 amide bonds. The van der Waals surface area contributed by atoms with Gasteiger partial charge in [0.1, 0.15) is 0 Å². The van der Waals surface area contributed by atoms with E-state index in [9.17, 15) is 21.6 Å². The number of aromatic nitrogens is 2. The van der Waals surface area contributed by atoms with Gasteiger partial charge in [-0.05, 0) is 43.5 Å². The number of benzene rings is 2. The average molecular weight is 459 g/mol. The minimum atomic E-state index is -4.59. The molecule has 1 aromatic heterocycles. The minimum Gasteiger partial charge on any atom is -0.233 e. The van der Waals surface area contributed by atoms with E-state index in [1.165, 1.54) is 28.9 Å². The van der Waals surface area contributed by atoms with Gasteiger partial charge in [0.05, 0.1) is 16.3 Å². The Morgan fingerprint density at radius 3 is 1.87 bits per heavy atom. The summed E-state index contributed by atoms with van der Waals surface area (Å²) in [4.78, 5) is 0.0846. The van der Waals surface area contributed by atoms with Crippen LogP contribution in [-0.2, 0) is 16.0 Å². The van der Waals surface area contributed by atoms with Crippen molar-refractivity contribution in [1.29, 1.82) is 0 Å². The molecule has 0 aliphatic rings. The van der Waals surface area contributed by atoms with Gasteiger partial charge in [-0.3, -0.25) is 0 Å². The molecule has 0 N–H and O–H groups in total. The summed E-state index contributed by atoms with van der Waals surface area (Å²) >= 11 is 3.53. The lowest BCUT2D eigenvalue weighted by Crippen LogP contribution is -2.07. The fourth-order valence-electron chi connectivity index (χ4n) is 2.48. The van der Waals surface area contributed by atoms with Crippen molar-refractivity contribution in [3.05, 3.63) is 65.9 Å². The second-order valence-corrected chi connectivity index (χ2v) is 7.97. The number of hydrogen-bond donors (Lipinski definition) is 1. The van der Waals surface area contributed by atoms with Crippen molar-refractivity contribution in [2.24, 2.45) is 0 Å². The van der Waals surface area contributed by atoms with Gasteiger partial charge in [0.2, 0.25) is 0 Å². The van der Waals surface area contributed by atoms with E-state index in [1.54, 1.807) is 30.5 Å². The first-order valence-corrected chi connectivity index (χ1v) is 11.8. The van der Waals surface area contributed by atoms with E-state index in [4.69, 9.17) is 0 Å². The van der Waals surface area contributed by atoms with Crippen molar-refractivity contribution >= 4 is 22.5 Å². The molecule has 0 aliphatic heterocycles. The largest absolute Gasteiger partial charge is 0.435 e. The van der Waals surface area contributed by atoms with Gasteiger partial charge >= 0.3 is 6.18 Å². The number of thiol groups is 1.